The summed E-state index contributed by atoms with van der Waals surface area (Å²) in [6.45, 7) is 0. The first-order valence-electron chi connectivity index (χ1n) is 4.24. The molecule has 4 nitrogen and oxygen atoms in total. The van der Waals surface area contributed by atoms with Crippen LogP contribution in [0.4, 0.5) is 10.5 Å². The Hall–Kier alpha value is -1.81. The molecule has 1 heterocycles. The average molecular weight is 221 g/mol. The second-order valence-electron chi connectivity index (χ2n) is 2.83. The molecule has 0 atom stereocenters. The van der Waals surface area contributed by atoms with E-state index >= 15 is 0 Å². The van der Waals surface area contributed by atoms with Gasteiger partial charge < -0.3 is 5.32 Å². The maximum Gasteiger partial charge on any atom is 0.346 e. The molecular formula is C10H7ClN3O. The Labute approximate surface area is 91.5 Å². The number of carbonyl (C=O) groups excluding carboxylic acids is 1. The highest BCUT2D eigenvalue weighted by molar-refractivity contribution is 6.30. The quantitative estimate of drug-likeness (QED) is 0.802. The molecule has 0 saturated heterocycles. The van der Waals surface area contributed by atoms with Gasteiger partial charge in [-0.05, 0) is 30.3 Å². The molecule has 0 aliphatic rings. The van der Waals surface area contributed by atoms with Crippen LogP contribution in [0.25, 0.3) is 0 Å². The number of anilines is 1. The highest BCUT2D eigenvalue weighted by atomic mass is 35.5. The Balaban J connectivity index is 2.09. The third kappa shape index (κ3) is 2.35. The highest BCUT2D eigenvalue weighted by Gasteiger charge is 2.03. The van der Waals surface area contributed by atoms with Crippen molar-refractivity contribution in [3.05, 3.63) is 47.7 Å². The molecule has 0 spiro atoms. The average Bonchev–Trinajstić information content (AvgIpc) is 2.74. The first kappa shape index (κ1) is 9.73. The van der Waals surface area contributed by atoms with Crippen LogP contribution in [0, 0.1) is 6.20 Å². The van der Waals surface area contributed by atoms with Crippen molar-refractivity contribution in [2.24, 2.45) is 0 Å². The zero-order valence-electron chi connectivity index (χ0n) is 7.64. The lowest BCUT2D eigenvalue weighted by atomic mass is 10.3. The van der Waals surface area contributed by atoms with Crippen molar-refractivity contribution >= 4 is 23.3 Å². The second kappa shape index (κ2) is 4.14. The molecule has 5 heteroatoms. The van der Waals surface area contributed by atoms with Crippen molar-refractivity contribution < 1.29 is 4.79 Å². The number of nitrogens with one attached hydrogen (secondary N) is 1. The normalized spacial score (nSPS) is 9.93. The summed E-state index contributed by atoms with van der Waals surface area (Å²) >= 11 is 5.71. The van der Waals surface area contributed by atoms with Crippen molar-refractivity contribution in [3.63, 3.8) is 0 Å². The summed E-state index contributed by atoms with van der Waals surface area (Å²) in [6.07, 6.45) is 4.06. The fraction of sp³-hybridized carbons (Fsp3) is 0. The first-order chi connectivity index (χ1) is 7.25. The number of carbonyl (C=O) groups is 1. The molecule has 1 aromatic heterocycles. The molecule has 1 radical (unpaired) electrons. The molecule has 1 amide bonds. The van der Waals surface area contributed by atoms with E-state index in [-0.39, 0.29) is 6.03 Å². The number of aromatic nitrogens is 2. The fourth-order valence-electron chi connectivity index (χ4n) is 1.06. The van der Waals surface area contributed by atoms with Gasteiger partial charge >= 0.3 is 6.03 Å². The predicted molar refractivity (Wildman–Crippen MR) is 56.9 cm³/mol. The van der Waals surface area contributed by atoms with Crippen molar-refractivity contribution in [2.45, 2.75) is 0 Å². The Kier molecular flexibility index (Phi) is 2.69. The second-order valence-corrected chi connectivity index (χ2v) is 3.26. The number of rotatable bonds is 1. The van der Waals surface area contributed by atoms with E-state index in [4.69, 9.17) is 11.6 Å². The summed E-state index contributed by atoms with van der Waals surface area (Å²) in [7, 11) is 0. The third-order valence-corrected chi connectivity index (χ3v) is 2.01. The van der Waals surface area contributed by atoms with Gasteiger partial charge in [0, 0.05) is 16.9 Å². The van der Waals surface area contributed by atoms with Crippen molar-refractivity contribution in [3.8, 4) is 0 Å². The lowest BCUT2D eigenvalue weighted by Crippen LogP contribution is -2.19. The van der Waals surface area contributed by atoms with Crippen molar-refractivity contribution in [1.29, 1.82) is 0 Å². The van der Waals surface area contributed by atoms with E-state index in [1.54, 1.807) is 30.3 Å². The molecule has 0 saturated carbocycles. The fourth-order valence-corrected chi connectivity index (χ4v) is 1.19. The van der Waals surface area contributed by atoms with Crippen LogP contribution in [0.1, 0.15) is 0 Å². The minimum Gasteiger partial charge on any atom is -0.306 e. The van der Waals surface area contributed by atoms with Gasteiger partial charge in [-0.25, -0.2) is 4.79 Å². The summed E-state index contributed by atoms with van der Waals surface area (Å²) in [6, 6.07) is 8.06. The van der Waals surface area contributed by atoms with Gasteiger partial charge in [0.2, 0.25) is 0 Å². The number of amides is 1. The molecule has 2 rings (SSSR count). The highest BCUT2D eigenvalue weighted by Crippen LogP contribution is 2.13. The zero-order valence-corrected chi connectivity index (χ0v) is 8.40. The molecule has 1 aromatic carbocycles. The van der Waals surface area contributed by atoms with E-state index < -0.39 is 0 Å². The van der Waals surface area contributed by atoms with Crippen molar-refractivity contribution in [1.82, 2.24) is 9.78 Å². The van der Waals surface area contributed by atoms with Gasteiger partial charge in [-0.1, -0.05) is 11.6 Å². The molecule has 75 valence electrons. The molecular weight excluding hydrogens is 214 g/mol. The van der Waals surface area contributed by atoms with Gasteiger partial charge in [-0.2, -0.15) is 9.78 Å². The zero-order chi connectivity index (χ0) is 10.7. The largest absolute Gasteiger partial charge is 0.346 e. The maximum absolute atomic E-state index is 11.5. The van der Waals surface area contributed by atoms with Crippen LogP contribution >= 0.6 is 11.6 Å². The summed E-state index contributed by atoms with van der Waals surface area (Å²) in [5, 5.41) is 6.96. The molecule has 0 unspecified atom stereocenters. The molecule has 2 aromatic rings. The Morgan fingerprint density at radius 2 is 2.13 bits per heavy atom. The SMILES string of the molecule is O=C(Nc1ccc(Cl)cc1)n1cc[c]n1. The Morgan fingerprint density at radius 3 is 2.73 bits per heavy atom. The van der Waals surface area contributed by atoms with E-state index in [0.717, 1.165) is 4.68 Å². The topological polar surface area (TPSA) is 46.9 Å². The summed E-state index contributed by atoms with van der Waals surface area (Å²) in [5.41, 5.74) is 0.667. The van der Waals surface area contributed by atoms with E-state index in [1.165, 1.54) is 6.20 Å². The van der Waals surface area contributed by atoms with E-state index in [2.05, 4.69) is 16.6 Å². The summed E-state index contributed by atoms with van der Waals surface area (Å²) in [5.74, 6) is 0. The van der Waals surface area contributed by atoms with Crippen LogP contribution < -0.4 is 5.32 Å². The van der Waals surface area contributed by atoms with E-state index in [1.807, 2.05) is 0 Å². The molecule has 0 bridgehead atoms. The van der Waals surface area contributed by atoms with Crippen LogP contribution in [0.3, 0.4) is 0 Å². The van der Waals surface area contributed by atoms with Gasteiger partial charge in [0.1, 0.15) is 6.20 Å². The van der Waals surface area contributed by atoms with E-state index in [0.29, 0.717) is 10.7 Å². The number of benzene rings is 1. The van der Waals surface area contributed by atoms with Crippen LogP contribution in [0.5, 0.6) is 0 Å². The summed E-state index contributed by atoms with van der Waals surface area (Å²) in [4.78, 5) is 11.5. The molecule has 1 N–H and O–H groups in total. The molecule has 0 aliphatic carbocycles. The molecule has 0 fully saturated rings. The summed E-state index contributed by atoms with van der Waals surface area (Å²) < 4.78 is 1.16. The number of hydrogen-bond acceptors (Lipinski definition) is 2. The van der Waals surface area contributed by atoms with Crippen LogP contribution in [0.2, 0.25) is 5.02 Å². The van der Waals surface area contributed by atoms with Crippen LogP contribution in [-0.2, 0) is 0 Å². The molecule has 0 aliphatic heterocycles. The first-order valence-corrected chi connectivity index (χ1v) is 4.62. The monoisotopic (exact) mass is 220 g/mol. The predicted octanol–water partition coefficient (Wildman–Crippen LogP) is 2.42. The van der Waals surface area contributed by atoms with Gasteiger partial charge in [-0.15, -0.1) is 0 Å². The Bertz CT molecular complexity index is 450. The van der Waals surface area contributed by atoms with E-state index in [9.17, 15) is 4.79 Å². The lowest BCUT2D eigenvalue weighted by Gasteiger charge is -2.03. The maximum atomic E-state index is 11.5. The number of halogens is 1. The lowest BCUT2D eigenvalue weighted by molar-refractivity contribution is 0.251. The molecule has 15 heavy (non-hydrogen) atoms. The van der Waals surface area contributed by atoms with Gasteiger partial charge in [0.25, 0.3) is 0 Å². The smallest absolute Gasteiger partial charge is 0.306 e. The van der Waals surface area contributed by atoms with Gasteiger partial charge in [0.15, 0.2) is 0 Å². The number of nitrogens with zero attached hydrogens (tertiary/aromatic N) is 2. The third-order valence-electron chi connectivity index (χ3n) is 1.76. The van der Waals surface area contributed by atoms with Crippen LogP contribution in [-0.4, -0.2) is 15.8 Å². The van der Waals surface area contributed by atoms with Gasteiger partial charge in [-0.3, -0.25) is 0 Å². The standard InChI is InChI=1S/C10H7ClN3O/c11-8-2-4-9(5-3-8)13-10(15)14-7-1-6-12-14/h1-5,7H,(H,13,15). The van der Waals surface area contributed by atoms with Crippen molar-refractivity contribution in [2.75, 3.05) is 5.32 Å². The Morgan fingerprint density at radius 1 is 1.40 bits per heavy atom. The number of hydrogen-bond donors (Lipinski definition) is 1. The minimum absolute atomic E-state index is 0.335. The van der Waals surface area contributed by atoms with Crippen LogP contribution in [0.15, 0.2) is 36.5 Å². The van der Waals surface area contributed by atoms with Gasteiger partial charge in [0.05, 0.1) is 0 Å². The minimum atomic E-state index is -0.335.